The number of fused-ring (bicyclic) bond motifs is 1. The van der Waals surface area contributed by atoms with Crippen molar-refractivity contribution in [3.05, 3.63) is 58.0 Å². The fourth-order valence-corrected chi connectivity index (χ4v) is 2.70. The van der Waals surface area contributed by atoms with Crippen LogP contribution in [0, 0.1) is 6.92 Å². The van der Waals surface area contributed by atoms with E-state index in [-0.39, 0.29) is 23.9 Å². The Bertz CT molecular complexity index is 885. The average Bonchev–Trinajstić information content (AvgIpc) is 2.57. The zero-order valence-electron chi connectivity index (χ0n) is 13.8. The lowest BCUT2D eigenvalue weighted by molar-refractivity contribution is -0.120. The van der Waals surface area contributed by atoms with E-state index in [9.17, 15) is 14.4 Å². The molecular weight excluding hydrogens is 308 g/mol. The normalized spacial score (nSPS) is 14.8. The van der Waals surface area contributed by atoms with Crippen LogP contribution in [-0.2, 0) is 4.79 Å². The minimum Gasteiger partial charge on any atom is -0.482 e. The molecule has 0 spiro atoms. The van der Waals surface area contributed by atoms with Crippen LogP contribution in [0.25, 0.3) is 0 Å². The molecule has 0 bridgehead atoms. The number of Topliss-reactive ketones (excluding diaryl/α,β-unsaturated/α-hetero) is 1. The van der Waals surface area contributed by atoms with Crippen LogP contribution in [0.5, 0.6) is 5.75 Å². The predicted octanol–water partition coefficient (Wildman–Crippen LogP) is 1.96. The number of ether oxygens (including phenoxy) is 1. The molecule has 6 nitrogen and oxygen atoms in total. The molecule has 124 valence electrons. The molecule has 2 heterocycles. The molecule has 1 aliphatic heterocycles. The summed E-state index contributed by atoms with van der Waals surface area (Å²) in [6, 6.07) is 7.61. The Labute approximate surface area is 139 Å². The second-order valence-corrected chi connectivity index (χ2v) is 5.91. The number of anilines is 1. The number of likely N-dealkylation sites (N-methyl/N-ethyl adjacent to an activating group) is 1. The van der Waals surface area contributed by atoms with E-state index in [1.807, 2.05) is 6.92 Å². The fraction of sp³-hybridized carbons (Fsp3) is 0.278. The number of benzene rings is 1. The first-order chi connectivity index (χ1) is 11.4. The highest BCUT2D eigenvalue weighted by atomic mass is 16.5. The first-order valence-corrected chi connectivity index (χ1v) is 7.65. The molecule has 0 fully saturated rings. The van der Waals surface area contributed by atoms with Gasteiger partial charge in [-0.15, -0.1) is 0 Å². The van der Waals surface area contributed by atoms with Gasteiger partial charge in [0, 0.05) is 24.9 Å². The number of carbonyl (C=O) groups is 2. The van der Waals surface area contributed by atoms with E-state index >= 15 is 0 Å². The van der Waals surface area contributed by atoms with E-state index in [2.05, 4.69) is 0 Å². The lowest BCUT2D eigenvalue weighted by Crippen LogP contribution is -2.35. The molecule has 1 unspecified atom stereocenters. The summed E-state index contributed by atoms with van der Waals surface area (Å²) in [4.78, 5) is 38.0. The van der Waals surface area contributed by atoms with Gasteiger partial charge in [0.15, 0.2) is 12.4 Å². The van der Waals surface area contributed by atoms with E-state index < -0.39 is 6.04 Å². The smallest absolute Gasteiger partial charge is 0.264 e. The zero-order chi connectivity index (χ0) is 17.4. The number of hydrogen-bond donors (Lipinski definition) is 0. The van der Waals surface area contributed by atoms with Gasteiger partial charge in [-0.25, -0.2) is 0 Å². The van der Waals surface area contributed by atoms with Gasteiger partial charge in [0.05, 0.1) is 11.7 Å². The topological polar surface area (TPSA) is 68.6 Å². The first-order valence-electron chi connectivity index (χ1n) is 7.65. The van der Waals surface area contributed by atoms with Crippen molar-refractivity contribution in [1.29, 1.82) is 0 Å². The second-order valence-electron chi connectivity index (χ2n) is 5.91. The van der Waals surface area contributed by atoms with Crippen molar-refractivity contribution in [1.82, 2.24) is 4.57 Å². The Morgan fingerprint density at radius 1 is 1.21 bits per heavy atom. The molecule has 6 heteroatoms. The van der Waals surface area contributed by atoms with Crippen molar-refractivity contribution in [3.8, 4) is 5.75 Å². The van der Waals surface area contributed by atoms with E-state index in [0.717, 1.165) is 5.56 Å². The molecule has 0 aliphatic carbocycles. The summed E-state index contributed by atoms with van der Waals surface area (Å²) in [5.74, 6) is 0.193. The Morgan fingerprint density at radius 2 is 1.96 bits per heavy atom. The molecule has 0 saturated heterocycles. The van der Waals surface area contributed by atoms with Crippen LogP contribution < -0.4 is 15.2 Å². The molecular formula is C18H18N2O4. The van der Waals surface area contributed by atoms with Gasteiger partial charge in [0.25, 0.3) is 11.5 Å². The summed E-state index contributed by atoms with van der Waals surface area (Å²) in [7, 11) is 1.64. The van der Waals surface area contributed by atoms with Gasteiger partial charge in [-0.05, 0) is 43.7 Å². The molecule has 0 saturated carbocycles. The summed E-state index contributed by atoms with van der Waals surface area (Å²) in [5.41, 5.74) is 1.62. The number of ketones is 1. The molecule has 24 heavy (non-hydrogen) atoms. The molecule has 0 N–H and O–H groups in total. The van der Waals surface area contributed by atoms with Crippen molar-refractivity contribution < 1.29 is 14.3 Å². The van der Waals surface area contributed by atoms with Crippen molar-refractivity contribution in [2.45, 2.75) is 19.9 Å². The highest BCUT2D eigenvalue weighted by Crippen LogP contribution is 2.32. The largest absolute Gasteiger partial charge is 0.482 e. The molecule has 1 aromatic heterocycles. The van der Waals surface area contributed by atoms with Crippen LogP contribution in [0.3, 0.4) is 0 Å². The minimum absolute atomic E-state index is 0.00798. The summed E-state index contributed by atoms with van der Waals surface area (Å²) in [5, 5.41) is 0. The fourth-order valence-electron chi connectivity index (χ4n) is 2.70. The molecule has 0 radical (unpaired) electrons. The molecule has 1 aromatic carbocycles. The van der Waals surface area contributed by atoms with E-state index in [1.54, 1.807) is 44.4 Å². The SMILES string of the molecule is Cc1ccn(C(C)C(=O)c2ccc3c(c2)N(C)C(=O)CO3)c(=O)c1. The second kappa shape index (κ2) is 5.96. The summed E-state index contributed by atoms with van der Waals surface area (Å²) >= 11 is 0. The molecule has 1 amide bonds. The van der Waals surface area contributed by atoms with Crippen LogP contribution in [0.2, 0.25) is 0 Å². The average molecular weight is 326 g/mol. The number of aryl methyl sites for hydroxylation is 1. The number of aromatic nitrogens is 1. The van der Waals surface area contributed by atoms with E-state index in [1.165, 1.54) is 15.5 Å². The van der Waals surface area contributed by atoms with Gasteiger partial charge in [-0.3, -0.25) is 14.4 Å². The Kier molecular flexibility index (Phi) is 3.97. The van der Waals surface area contributed by atoms with Crippen LogP contribution >= 0.6 is 0 Å². The maximum atomic E-state index is 12.8. The monoisotopic (exact) mass is 326 g/mol. The van der Waals surface area contributed by atoms with Gasteiger partial charge in [0.1, 0.15) is 5.75 Å². The molecule has 1 atom stereocenters. The highest BCUT2D eigenvalue weighted by Gasteiger charge is 2.25. The Hall–Kier alpha value is -2.89. The number of pyridine rings is 1. The van der Waals surface area contributed by atoms with Crippen LogP contribution in [0.4, 0.5) is 5.69 Å². The zero-order valence-corrected chi connectivity index (χ0v) is 13.8. The van der Waals surface area contributed by atoms with Crippen LogP contribution in [0.1, 0.15) is 28.9 Å². The van der Waals surface area contributed by atoms with Gasteiger partial charge < -0.3 is 14.2 Å². The number of hydrogen-bond acceptors (Lipinski definition) is 4. The van der Waals surface area contributed by atoms with Gasteiger partial charge >= 0.3 is 0 Å². The lowest BCUT2D eigenvalue weighted by atomic mass is 10.0. The molecule has 1 aliphatic rings. The predicted molar refractivity (Wildman–Crippen MR) is 89.8 cm³/mol. The Balaban J connectivity index is 1.95. The maximum absolute atomic E-state index is 12.8. The number of rotatable bonds is 3. The third kappa shape index (κ3) is 2.71. The number of amides is 1. The van der Waals surface area contributed by atoms with E-state index in [4.69, 9.17) is 4.74 Å². The summed E-state index contributed by atoms with van der Waals surface area (Å²) in [6.07, 6.45) is 1.62. The molecule has 2 aromatic rings. The lowest BCUT2D eigenvalue weighted by Gasteiger charge is -2.26. The highest BCUT2D eigenvalue weighted by molar-refractivity contribution is 6.03. The van der Waals surface area contributed by atoms with Crippen molar-refractivity contribution in [3.63, 3.8) is 0 Å². The van der Waals surface area contributed by atoms with Crippen molar-refractivity contribution in [2.24, 2.45) is 0 Å². The first kappa shape index (κ1) is 16.0. The van der Waals surface area contributed by atoms with Gasteiger partial charge in [0.2, 0.25) is 0 Å². The van der Waals surface area contributed by atoms with Crippen molar-refractivity contribution in [2.75, 3.05) is 18.6 Å². The van der Waals surface area contributed by atoms with Gasteiger partial charge in [-0.1, -0.05) is 0 Å². The minimum atomic E-state index is -0.637. The van der Waals surface area contributed by atoms with Crippen molar-refractivity contribution >= 4 is 17.4 Å². The quantitative estimate of drug-likeness (QED) is 0.809. The summed E-state index contributed by atoms with van der Waals surface area (Å²) in [6.45, 7) is 3.50. The number of carbonyl (C=O) groups excluding carboxylic acids is 2. The van der Waals surface area contributed by atoms with E-state index in [0.29, 0.717) is 17.0 Å². The van der Waals surface area contributed by atoms with Crippen LogP contribution in [0.15, 0.2) is 41.3 Å². The number of nitrogens with zero attached hydrogens (tertiary/aromatic N) is 2. The third-order valence-electron chi connectivity index (χ3n) is 4.23. The van der Waals surface area contributed by atoms with Crippen LogP contribution in [-0.4, -0.2) is 29.9 Å². The summed E-state index contributed by atoms with van der Waals surface area (Å²) < 4.78 is 6.76. The molecule has 3 rings (SSSR count). The van der Waals surface area contributed by atoms with Gasteiger partial charge in [-0.2, -0.15) is 0 Å². The third-order valence-corrected chi connectivity index (χ3v) is 4.23. The standard InChI is InChI=1S/C18H18N2O4/c1-11-6-7-20(16(21)8-11)12(2)18(23)13-4-5-15-14(9-13)19(3)17(22)10-24-15/h4-9,12H,10H2,1-3H3. The Morgan fingerprint density at radius 3 is 2.67 bits per heavy atom. The maximum Gasteiger partial charge on any atom is 0.264 e.